The zero-order chi connectivity index (χ0) is 20.9. The lowest BCUT2D eigenvalue weighted by Crippen LogP contribution is -2.56. The summed E-state index contributed by atoms with van der Waals surface area (Å²) in [5.41, 5.74) is -0.153. The topological polar surface area (TPSA) is 39.7 Å². The van der Waals surface area contributed by atoms with Gasteiger partial charge in [0.25, 0.3) is 0 Å². The van der Waals surface area contributed by atoms with Crippen LogP contribution in [0.3, 0.4) is 0 Å². The van der Waals surface area contributed by atoms with Crippen LogP contribution in [0, 0.1) is 0 Å². The second-order valence-corrected chi connectivity index (χ2v) is 8.45. The average Bonchev–Trinajstić information content (AvgIpc) is 2.97. The summed E-state index contributed by atoms with van der Waals surface area (Å²) in [5, 5.41) is -0.0204. The Morgan fingerprint density at radius 1 is 1.14 bits per heavy atom. The van der Waals surface area contributed by atoms with Crippen molar-refractivity contribution in [2.75, 3.05) is 29.4 Å². The predicted octanol–water partition coefficient (Wildman–Crippen LogP) is 5.04. The minimum Gasteiger partial charge on any atom is -0.364 e. The number of aromatic nitrogens is 1. The minimum absolute atomic E-state index is 0.00503. The van der Waals surface area contributed by atoms with Crippen LogP contribution in [-0.4, -0.2) is 47.6 Å². The van der Waals surface area contributed by atoms with Crippen molar-refractivity contribution in [3.8, 4) is 0 Å². The number of hydrogen-bond acceptors (Lipinski definition) is 3. The molecule has 2 saturated heterocycles. The molecule has 0 radical (unpaired) electrons. The quantitative estimate of drug-likeness (QED) is 0.555. The third-order valence-corrected chi connectivity index (χ3v) is 6.01. The fourth-order valence-corrected chi connectivity index (χ4v) is 4.35. The summed E-state index contributed by atoms with van der Waals surface area (Å²) in [6.07, 6.45) is -2.86. The first-order chi connectivity index (χ1) is 13.6. The number of carbonyl (C=O) groups is 1. The van der Waals surface area contributed by atoms with E-state index < -0.39 is 17.8 Å². The Morgan fingerprint density at radius 2 is 1.90 bits per heavy atom. The molecule has 0 N–H and O–H groups in total. The maximum Gasteiger partial charge on any atom is 0.418 e. The lowest BCUT2D eigenvalue weighted by Gasteiger charge is -2.42. The van der Waals surface area contributed by atoms with Crippen molar-refractivity contribution >= 4 is 44.9 Å². The number of halogens is 5. The van der Waals surface area contributed by atoms with Crippen LogP contribution in [0.15, 0.2) is 41.1 Å². The van der Waals surface area contributed by atoms with E-state index in [9.17, 15) is 18.0 Å². The maximum atomic E-state index is 13.5. The molecule has 154 valence electrons. The molecule has 2 fully saturated rings. The van der Waals surface area contributed by atoms with Crippen LogP contribution in [-0.2, 0) is 6.18 Å². The standard InChI is InChI=1S/C19H17BrClF3N4O/c1-11-8-27-14(9-26(11)13-3-5-17(20)25-7-13)10-28(18(27)29)16-4-2-12(21)6-15(16)19(22,23)24/h2-7,11,14H,8-10H2,1H3/t11-,14+/m1/s1. The van der Waals surface area contributed by atoms with E-state index in [4.69, 9.17) is 11.6 Å². The molecule has 2 atom stereocenters. The number of nitrogens with zero attached hydrogens (tertiary/aromatic N) is 4. The zero-order valence-corrected chi connectivity index (χ0v) is 17.7. The molecule has 2 aromatic rings. The summed E-state index contributed by atoms with van der Waals surface area (Å²) in [4.78, 5) is 22.2. The van der Waals surface area contributed by atoms with Crippen molar-refractivity contribution < 1.29 is 18.0 Å². The van der Waals surface area contributed by atoms with E-state index in [0.717, 1.165) is 16.4 Å². The maximum absolute atomic E-state index is 13.5. The van der Waals surface area contributed by atoms with Crippen LogP contribution in [0.5, 0.6) is 0 Å². The lowest BCUT2D eigenvalue weighted by atomic mass is 10.1. The van der Waals surface area contributed by atoms with Gasteiger partial charge in [0.15, 0.2) is 0 Å². The summed E-state index contributed by atoms with van der Waals surface area (Å²) >= 11 is 9.08. The number of urea groups is 1. The van der Waals surface area contributed by atoms with Crippen LogP contribution in [0.4, 0.5) is 29.3 Å². The minimum atomic E-state index is -4.61. The molecule has 2 aliphatic heterocycles. The molecule has 0 saturated carbocycles. The van der Waals surface area contributed by atoms with Gasteiger partial charge in [0.05, 0.1) is 29.2 Å². The van der Waals surface area contributed by atoms with Crippen LogP contribution in [0.1, 0.15) is 12.5 Å². The van der Waals surface area contributed by atoms with E-state index in [2.05, 4.69) is 25.8 Å². The Morgan fingerprint density at radius 3 is 2.55 bits per heavy atom. The Bertz CT molecular complexity index is 940. The summed E-state index contributed by atoms with van der Waals surface area (Å²) in [6.45, 7) is 3.10. The van der Waals surface area contributed by atoms with E-state index >= 15 is 0 Å². The molecule has 1 aromatic heterocycles. The largest absolute Gasteiger partial charge is 0.418 e. The Kier molecular flexibility index (Phi) is 5.14. The number of hydrogen-bond donors (Lipinski definition) is 0. The number of pyridine rings is 1. The molecule has 0 bridgehead atoms. The van der Waals surface area contributed by atoms with Gasteiger partial charge < -0.3 is 9.80 Å². The van der Waals surface area contributed by atoms with Gasteiger partial charge in [-0.3, -0.25) is 4.90 Å². The number of fused-ring (bicyclic) bond motifs is 1. The first-order valence-electron chi connectivity index (χ1n) is 8.98. The number of benzene rings is 1. The molecule has 5 nitrogen and oxygen atoms in total. The first-order valence-corrected chi connectivity index (χ1v) is 10.2. The van der Waals surface area contributed by atoms with Crippen molar-refractivity contribution in [1.29, 1.82) is 0 Å². The van der Waals surface area contributed by atoms with Crippen molar-refractivity contribution in [3.63, 3.8) is 0 Å². The third kappa shape index (κ3) is 3.77. The second kappa shape index (κ2) is 7.36. The first kappa shape index (κ1) is 20.3. The molecular weight excluding hydrogens is 473 g/mol. The van der Waals surface area contributed by atoms with Gasteiger partial charge in [0.1, 0.15) is 4.60 Å². The summed E-state index contributed by atoms with van der Waals surface area (Å²) < 4.78 is 41.3. The number of piperazine rings is 1. The summed E-state index contributed by atoms with van der Waals surface area (Å²) in [7, 11) is 0. The summed E-state index contributed by atoms with van der Waals surface area (Å²) in [5.74, 6) is 0. The number of amides is 2. The van der Waals surface area contributed by atoms with E-state index in [-0.39, 0.29) is 29.3 Å². The van der Waals surface area contributed by atoms with E-state index in [0.29, 0.717) is 13.1 Å². The molecule has 29 heavy (non-hydrogen) atoms. The molecular formula is C19H17BrClF3N4O. The Balaban J connectivity index is 1.63. The van der Waals surface area contributed by atoms with Gasteiger partial charge in [-0.15, -0.1) is 0 Å². The number of carbonyl (C=O) groups excluding carboxylic acids is 1. The van der Waals surface area contributed by atoms with Crippen LogP contribution in [0.25, 0.3) is 0 Å². The monoisotopic (exact) mass is 488 g/mol. The Labute approximate surface area is 179 Å². The molecule has 3 heterocycles. The van der Waals surface area contributed by atoms with Gasteiger partial charge in [-0.2, -0.15) is 13.2 Å². The van der Waals surface area contributed by atoms with Gasteiger partial charge in [0, 0.05) is 30.7 Å². The van der Waals surface area contributed by atoms with Crippen LogP contribution < -0.4 is 9.80 Å². The Hall–Kier alpha value is -2.00. The highest BCUT2D eigenvalue weighted by atomic mass is 79.9. The van der Waals surface area contributed by atoms with Gasteiger partial charge >= 0.3 is 12.2 Å². The van der Waals surface area contributed by atoms with Gasteiger partial charge in [0.2, 0.25) is 0 Å². The van der Waals surface area contributed by atoms with Crippen molar-refractivity contribution in [2.24, 2.45) is 0 Å². The van der Waals surface area contributed by atoms with E-state index in [1.165, 1.54) is 17.0 Å². The SMILES string of the molecule is C[C@@H]1CN2C(=O)N(c3ccc(Cl)cc3C(F)(F)F)C[C@@H]2CN1c1ccc(Br)nc1. The van der Waals surface area contributed by atoms with Gasteiger partial charge in [-0.1, -0.05) is 11.6 Å². The lowest BCUT2D eigenvalue weighted by molar-refractivity contribution is -0.137. The van der Waals surface area contributed by atoms with Gasteiger partial charge in [-0.05, 0) is 53.2 Å². The average molecular weight is 490 g/mol. The highest BCUT2D eigenvalue weighted by Gasteiger charge is 2.46. The fourth-order valence-electron chi connectivity index (χ4n) is 3.94. The summed E-state index contributed by atoms with van der Waals surface area (Å²) in [6, 6.07) is 6.64. The molecule has 0 unspecified atom stereocenters. The van der Waals surface area contributed by atoms with Crippen LogP contribution >= 0.6 is 27.5 Å². The van der Waals surface area contributed by atoms with Gasteiger partial charge in [-0.25, -0.2) is 9.78 Å². The van der Waals surface area contributed by atoms with E-state index in [1.807, 2.05) is 19.1 Å². The predicted molar refractivity (Wildman–Crippen MR) is 108 cm³/mol. The van der Waals surface area contributed by atoms with Crippen LogP contribution in [0.2, 0.25) is 5.02 Å². The molecule has 1 aromatic carbocycles. The third-order valence-electron chi connectivity index (χ3n) is 5.31. The number of rotatable bonds is 2. The zero-order valence-electron chi connectivity index (χ0n) is 15.3. The highest BCUT2D eigenvalue weighted by molar-refractivity contribution is 9.10. The van der Waals surface area contributed by atoms with Crippen molar-refractivity contribution in [3.05, 3.63) is 51.7 Å². The number of anilines is 2. The van der Waals surface area contributed by atoms with E-state index in [1.54, 1.807) is 11.1 Å². The van der Waals surface area contributed by atoms with Crippen molar-refractivity contribution in [1.82, 2.24) is 9.88 Å². The molecule has 2 amide bonds. The second-order valence-electron chi connectivity index (χ2n) is 7.20. The molecule has 2 aliphatic rings. The molecule has 4 rings (SSSR count). The highest BCUT2D eigenvalue weighted by Crippen LogP contribution is 2.40. The number of alkyl halides is 3. The molecule has 0 aliphatic carbocycles. The smallest absolute Gasteiger partial charge is 0.364 e. The molecule has 0 spiro atoms. The van der Waals surface area contributed by atoms with Crippen molar-refractivity contribution in [2.45, 2.75) is 25.2 Å². The normalized spacial score (nSPS) is 22.3. The fraction of sp³-hybridized carbons (Fsp3) is 0.368. The molecule has 10 heteroatoms.